The highest BCUT2D eigenvalue weighted by atomic mass is 16.5. The van der Waals surface area contributed by atoms with Gasteiger partial charge in [-0.3, -0.25) is 4.90 Å². The average Bonchev–Trinajstić information content (AvgIpc) is 2.47. The third-order valence-electron chi connectivity index (χ3n) is 3.32. The Morgan fingerprint density at radius 1 is 1.30 bits per heavy atom. The Morgan fingerprint density at radius 3 is 2.70 bits per heavy atom. The van der Waals surface area contributed by atoms with Crippen LogP contribution < -0.4 is 10.6 Å². The summed E-state index contributed by atoms with van der Waals surface area (Å²) in [6, 6.07) is 9.32. The zero-order valence-corrected chi connectivity index (χ0v) is 12.0. The molecule has 2 rings (SSSR count). The van der Waals surface area contributed by atoms with Gasteiger partial charge in [0.1, 0.15) is 0 Å². The molecular weight excluding hydrogens is 254 g/mol. The lowest BCUT2D eigenvalue weighted by atomic mass is 10.1. The lowest BCUT2D eigenvalue weighted by molar-refractivity contribution is 0.0320. The zero-order valence-electron chi connectivity index (χ0n) is 12.0. The molecule has 1 aliphatic rings. The molecule has 1 heterocycles. The highest BCUT2D eigenvalue weighted by molar-refractivity contribution is 5.89. The molecule has 2 N–H and O–H groups in total. The van der Waals surface area contributed by atoms with E-state index in [-0.39, 0.29) is 6.03 Å². The molecule has 1 aromatic rings. The molecule has 5 nitrogen and oxygen atoms in total. The largest absolute Gasteiger partial charge is 0.379 e. The molecule has 0 aliphatic carbocycles. The molecule has 1 aromatic carbocycles. The first kappa shape index (κ1) is 14.8. The van der Waals surface area contributed by atoms with Gasteiger partial charge in [-0.1, -0.05) is 25.1 Å². The van der Waals surface area contributed by atoms with Crippen LogP contribution in [0.5, 0.6) is 0 Å². The van der Waals surface area contributed by atoms with E-state index in [9.17, 15) is 4.79 Å². The predicted octanol–water partition coefficient (Wildman–Crippen LogP) is 1.78. The van der Waals surface area contributed by atoms with Crippen molar-refractivity contribution in [1.29, 1.82) is 0 Å². The van der Waals surface area contributed by atoms with Gasteiger partial charge in [-0.25, -0.2) is 4.79 Å². The van der Waals surface area contributed by atoms with Crippen molar-refractivity contribution < 1.29 is 9.53 Å². The van der Waals surface area contributed by atoms with Crippen LogP contribution in [0.15, 0.2) is 30.3 Å². The summed E-state index contributed by atoms with van der Waals surface area (Å²) in [5.41, 5.74) is 0.811. The van der Waals surface area contributed by atoms with E-state index in [4.69, 9.17) is 4.74 Å². The fourth-order valence-corrected chi connectivity index (χ4v) is 2.25. The molecular formula is C15H23N3O2. The Labute approximate surface area is 120 Å². The number of urea groups is 1. The van der Waals surface area contributed by atoms with E-state index in [1.165, 1.54) is 0 Å². The molecule has 1 unspecified atom stereocenters. The summed E-state index contributed by atoms with van der Waals surface area (Å²) in [4.78, 5) is 14.1. The SMILES string of the molecule is CC(CNC(=O)Nc1ccccc1)CN1CCOCC1. The summed E-state index contributed by atoms with van der Waals surface area (Å²) < 4.78 is 5.32. The number of anilines is 1. The van der Waals surface area contributed by atoms with Crippen molar-refractivity contribution in [2.75, 3.05) is 44.7 Å². The van der Waals surface area contributed by atoms with E-state index in [0.717, 1.165) is 38.5 Å². The molecule has 0 bridgehead atoms. The van der Waals surface area contributed by atoms with Gasteiger partial charge in [0, 0.05) is 31.9 Å². The summed E-state index contributed by atoms with van der Waals surface area (Å²) in [6.45, 7) is 7.42. The maximum Gasteiger partial charge on any atom is 0.319 e. The Bertz CT molecular complexity index is 405. The molecule has 2 amide bonds. The quantitative estimate of drug-likeness (QED) is 0.862. The fraction of sp³-hybridized carbons (Fsp3) is 0.533. The van der Waals surface area contributed by atoms with Crippen molar-refractivity contribution in [3.8, 4) is 0 Å². The summed E-state index contributed by atoms with van der Waals surface area (Å²) >= 11 is 0. The van der Waals surface area contributed by atoms with Crippen molar-refractivity contribution in [1.82, 2.24) is 10.2 Å². The lowest BCUT2D eigenvalue weighted by Crippen LogP contribution is -2.42. The number of carbonyl (C=O) groups is 1. The first-order chi connectivity index (χ1) is 9.74. The first-order valence-electron chi connectivity index (χ1n) is 7.14. The minimum absolute atomic E-state index is 0.148. The summed E-state index contributed by atoms with van der Waals surface area (Å²) in [5, 5.41) is 5.73. The molecule has 0 aromatic heterocycles. The van der Waals surface area contributed by atoms with Crippen LogP contribution in [0.4, 0.5) is 10.5 Å². The monoisotopic (exact) mass is 277 g/mol. The number of nitrogens with zero attached hydrogens (tertiary/aromatic N) is 1. The number of rotatable bonds is 5. The van der Waals surface area contributed by atoms with Gasteiger partial charge < -0.3 is 15.4 Å². The van der Waals surface area contributed by atoms with Crippen LogP contribution in [0, 0.1) is 5.92 Å². The number of ether oxygens (including phenoxy) is 1. The average molecular weight is 277 g/mol. The molecule has 1 saturated heterocycles. The third-order valence-corrected chi connectivity index (χ3v) is 3.32. The second kappa shape index (κ2) is 7.87. The van der Waals surface area contributed by atoms with Crippen molar-refractivity contribution in [2.24, 2.45) is 5.92 Å². The smallest absolute Gasteiger partial charge is 0.319 e. The second-order valence-corrected chi connectivity index (χ2v) is 5.22. The van der Waals surface area contributed by atoms with Gasteiger partial charge in [-0.05, 0) is 18.1 Å². The van der Waals surface area contributed by atoms with E-state index in [0.29, 0.717) is 12.5 Å². The van der Waals surface area contributed by atoms with Crippen LogP contribution in [-0.2, 0) is 4.74 Å². The fourth-order valence-electron chi connectivity index (χ4n) is 2.25. The minimum atomic E-state index is -0.148. The Morgan fingerprint density at radius 2 is 2.00 bits per heavy atom. The summed E-state index contributed by atoms with van der Waals surface area (Å²) in [7, 11) is 0. The van der Waals surface area contributed by atoms with Gasteiger partial charge in [-0.15, -0.1) is 0 Å². The lowest BCUT2D eigenvalue weighted by Gasteiger charge is -2.29. The summed E-state index contributed by atoms with van der Waals surface area (Å²) in [6.07, 6.45) is 0. The highest BCUT2D eigenvalue weighted by Crippen LogP contribution is 2.05. The molecule has 20 heavy (non-hydrogen) atoms. The number of benzene rings is 1. The predicted molar refractivity (Wildman–Crippen MR) is 79.9 cm³/mol. The number of hydrogen-bond acceptors (Lipinski definition) is 3. The van der Waals surface area contributed by atoms with E-state index >= 15 is 0 Å². The number of morpholine rings is 1. The van der Waals surface area contributed by atoms with Crippen LogP contribution in [0.2, 0.25) is 0 Å². The van der Waals surface area contributed by atoms with Crippen molar-refractivity contribution in [3.05, 3.63) is 30.3 Å². The highest BCUT2D eigenvalue weighted by Gasteiger charge is 2.14. The number of nitrogens with one attached hydrogen (secondary N) is 2. The molecule has 5 heteroatoms. The molecule has 110 valence electrons. The van der Waals surface area contributed by atoms with Gasteiger partial charge in [0.05, 0.1) is 13.2 Å². The maximum absolute atomic E-state index is 11.8. The number of amides is 2. The van der Waals surface area contributed by atoms with Crippen LogP contribution >= 0.6 is 0 Å². The molecule has 1 fully saturated rings. The molecule has 0 radical (unpaired) electrons. The molecule has 0 saturated carbocycles. The summed E-state index contributed by atoms with van der Waals surface area (Å²) in [5.74, 6) is 0.426. The Kier molecular flexibility index (Phi) is 5.83. The van der Waals surface area contributed by atoms with Crippen molar-refractivity contribution >= 4 is 11.7 Å². The van der Waals surface area contributed by atoms with Crippen LogP contribution in [0.25, 0.3) is 0 Å². The number of carbonyl (C=O) groups excluding carboxylic acids is 1. The molecule has 1 atom stereocenters. The van der Waals surface area contributed by atoms with E-state index in [1.54, 1.807) is 0 Å². The van der Waals surface area contributed by atoms with Gasteiger partial charge in [0.25, 0.3) is 0 Å². The standard InChI is InChI=1S/C15H23N3O2/c1-13(12-18-7-9-20-10-8-18)11-16-15(19)17-14-5-3-2-4-6-14/h2-6,13H,7-12H2,1H3,(H2,16,17,19). The molecule has 0 spiro atoms. The topological polar surface area (TPSA) is 53.6 Å². The minimum Gasteiger partial charge on any atom is -0.379 e. The normalized spacial score (nSPS) is 17.4. The zero-order chi connectivity index (χ0) is 14.2. The molecule has 1 aliphatic heterocycles. The van der Waals surface area contributed by atoms with Crippen LogP contribution in [0.3, 0.4) is 0 Å². The Balaban J connectivity index is 1.64. The Hall–Kier alpha value is -1.59. The van der Waals surface area contributed by atoms with Crippen molar-refractivity contribution in [3.63, 3.8) is 0 Å². The van der Waals surface area contributed by atoms with Crippen molar-refractivity contribution in [2.45, 2.75) is 6.92 Å². The van der Waals surface area contributed by atoms with Gasteiger partial charge in [0.2, 0.25) is 0 Å². The van der Waals surface area contributed by atoms with Crippen LogP contribution in [0.1, 0.15) is 6.92 Å². The third kappa shape index (κ3) is 5.19. The second-order valence-electron chi connectivity index (χ2n) is 5.22. The van der Waals surface area contributed by atoms with E-state index in [2.05, 4.69) is 22.5 Å². The van der Waals surface area contributed by atoms with E-state index in [1.807, 2.05) is 30.3 Å². The van der Waals surface area contributed by atoms with Gasteiger partial charge in [0.15, 0.2) is 0 Å². The van der Waals surface area contributed by atoms with Gasteiger partial charge in [-0.2, -0.15) is 0 Å². The maximum atomic E-state index is 11.8. The first-order valence-corrected chi connectivity index (χ1v) is 7.14. The number of para-hydroxylation sites is 1. The van der Waals surface area contributed by atoms with Crippen LogP contribution in [-0.4, -0.2) is 50.3 Å². The van der Waals surface area contributed by atoms with E-state index < -0.39 is 0 Å². The number of hydrogen-bond donors (Lipinski definition) is 2. The van der Waals surface area contributed by atoms with Gasteiger partial charge >= 0.3 is 6.03 Å².